The van der Waals surface area contributed by atoms with Crippen molar-refractivity contribution in [1.29, 1.82) is 0 Å². The minimum absolute atomic E-state index is 0.0351. The number of hydrogen-bond donors (Lipinski definition) is 1. The first-order valence-electron chi connectivity index (χ1n) is 8.70. The average Bonchev–Trinajstić information content (AvgIpc) is 2.94. The van der Waals surface area contributed by atoms with Gasteiger partial charge >= 0.3 is 6.09 Å². The van der Waals surface area contributed by atoms with Crippen molar-refractivity contribution >= 4 is 12.0 Å². The molecule has 1 atom stereocenters. The summed E-state index contributed by atoms with van der Waals surface area (Å²) in [4.78, 5) is 27.8. The molecule has 7 heteroatoms. The van der Waals surface area contributed by atoms with Crippen molar-refractivity contribution in [2.45, 2.75) is 25.3 Å². The maximum absolute atomic E-state index is 12.9. The van der Waals surface area contributed by atoms with Gasteiger partial charge in [0.05, 0.1) is 12.1 Å². The fourth-order valence-corrected chi connectivity index (χ4v) is 3.54. The zero-order valence-electron chi connectivity index (χ0n) is 14.5. The Hall–Kier alpha value is -2.15. The lowest BCUT2D eigenvalue weighted by Gasteiger charge is -2.44. The number of carbonyl (C=O) groups is 2. The normalized spacial score (nSPS) is 23.3. The van der Waals surface area contributed by atoms with E-state index in [1.54, 1.807) is 17.0 Å². The minimum Gasteiger partial charge on any atom is -0.447 e. The first-order valence-corrected chi connectivity index (χ1v) is 8.70. The SMILES string of the molecule is CCC12COC(=O)N1CCN(CC(=O)NCCc1ccc(F)cc1)C2. The highest BCUT2D eigenvalue weighted by Gasteiger charge is 2.49. The summed E-state index contributed by atoms with van der Waals surface area (Å²) in [6.07, 6.45) is 1.23. The van der Waals surface area contributed by atoms with Crippen LogP contribution in [0.3, 0.4) is 0 Å². The van der Waals surface area contributed by atoms with Gasteiger partial charge in [0, 0.05) is 26.2 Å². The van der Waals surface area contributed by atoms with Crippen LogP contribution in [0.1, 0.15) is 18.9 Å². The van der Waals surface area contributed by atoms with Crippen LogP contribution in [-0.2, 0) is 16.0 Å². The van der Waals surface area contributed by atoms with Gasteiger partial charge in [-0.05, 0) is 30.5 Å². The van der Waals surface area contributed by atoms with Gasteiger partial charge in [0.25, 0.3) is 0 Å². The fourth-order valence-electron chi connectivity index (χ4n) is 3.54. The molecule has 0 radical (unpaired) electrons. The van der Waals surface area contributed by atoms with Crippen molar-refractivity contribution in [2.24, 2.45) is 0 Å². The summed E-state index contributed by atoms with van der Waals surface area (Å²) in [5.41, 5.74) is 0.686. The predicted molar refractivity (Wildman–Crippen MR) is 90.6 cm³/mol. The van der Waals surface area contributed by atoms with E-state index in [9.17, 15) is 14.0 Å². The monoisotopic (exact) mass is 349 g/mol. The van der Waals surface area contributed by atoms with E-state index in [-0.39, 0.29) is 23.4 Å². The molecule has 0 aromatic heterocycles. The number of rotatable bonds is 6. The van der Waals surface area contributed by atoms with Crippen LogP contribution in [0.4, 0.5) is 9.18 Å². The molecule has 2 aliphatic heterocycles. The number of fused-ring (bicyclic) bond motifs is 1. The second kappa shape index (κ2) is 7.39. The van der Waals surface area contributed by atoms with Crippen LogP contribution in [0.5, 0.6) is 0 Å². The molecule has 0 bridgehead atoms. The number of nitrogens with zero attached hydrogens (tertiary/aromatic N) is 2. The average molecular weight is 349 g/mol. The van der Waals surface area contributed by atoms with Crippen molar-refractivity contribution in [3.63, 3.8) is 0 Å². The van der Waals surface area contributed by atoms with E-state index in [4.69, 9.17) is 4.74 Å². The molecule has 1 unspecified atom stereocenters. The standard InChI is InChI=1S/C18H24FN3O3/c1-2-18-12-21(9-10-22(18)17(24)25-13-18)11-16(23)20-8-7-14-3-5-15(19)6-4-14/h3-6H,2,7-13H2,1H3,(H,20,23). The summed E-state index contributed by atoms with van der Waals surface area (Å²) in [6, 6.07) is 6.29. The number of amides is 2. The van der Waals surface area contributed by atoms with Gasteiger partial charge in [0.2, 0.25) is 5.91 Å². The first-order chi connectivity index (χ1) is 12.0. The highest BCUT2D eigenvalue weighted by Crippen LogP contribution is 2.31. The summed E-state index contributed by atoms with van der Waals surface area (Å²) < 4.78 is 18.1. The number of cyclic esters (lactones) is 1. The van der Waals surface area contributed by atoms with Crippen LogP contribution < -0.4 is 5.32 Å². The van der Waals surface area contributed by atoms with Crippen molar-refractivity contribution in [3.8, 4) is 0 Å². The molecule has 0 spiro atoms. The largest absolute Gasteiger partial charge is 0.447 e. The maximum Gasteiger partial charge on any atom is 0.410 e. The zero-order valence-corrected chi connectivity index (χ0v) is 14.5. The third-order valence-corrected chi connectivity index (χ3v) is 5.09. The fraction of sp³-hybridized carbons (Fsp3) is 0.556. The Kier molecular flexibility index (Phi) is 5.22. The lowest BCUT2D eigenvalue weighted by atomic mass is 9.93. The minimum atomic E-state index is -0.302. The molecule has 3 rings (SSSR count). The van der Waals surface area contributed by atoms with Gasteiger partial charge in [-0.2, -0.15) is 0 Å². The molecular weight excluding hydrogens is 325 g/mol. The lowest BCUT2D eigenvalue weighted by molar-refractivity contribution is -0.123. The number of ether oxygens (including phenoxy) is 1. The van der Waals surface area contributed by atoms with Gasteiger partial charge in [-0.25, -0.2) is 9.18 Å². The molecule has 1 N–H and O–H groups in total. The summed E-state index contributed by atoms with van der Waals surface area (Å²) in [5.74, 6) is -0.293. The molecule has 25 heavy (non-hydrogen) atoms. The Labute approximate surface area is 146 Å². The van der Waals surface area contributed by atoms with Crippen LogP contribution >= 0.6 is 0 Å². The molecule has 1 aromatic rings. The molecule has 2 amide bonds. The van der Waals surface area contributed by atoms with Crippen LogP contribution in [0.15, 0.2) is 24.3 Å². The molecule has 136 valence electrons. The van der Waals surface area contributed by atoms with Crippen LogP contribution in [0.25, 0.3) is 0 Å². The van der Waals surface area contributed by atoms with E-state index in [0.717, 1.165) is 12.0 Å². The topological polar surface area (TPSA) is 61.9 Å². The maximum atomic E-state index is 12.9. The number of benzene rings is 1. The smallest absolute Gasteiger partial charge is 0.410 e. The van der Waals surface area contributed by atoms with Crippen LogP contribution in [-0.4, -0.2) is 66.7 Å². The highest BCUT2D eigenvalue weighted by atomic mass is 19.1. The van der Waals surface area contributed by atoms with E-state index in [2.05, 4.69) is 10.2 Å². The quantitative estimate of drug-likeness (QED) is 0.843. The number of piperazine rings is 1. The second-order valence-electron chi connectivity index (χ2n) is 6.72. The third-order valence-electron chi connectivity index (χ3n) is 5.09. The highest BCUT2D eigenvalue weighted by molar-refractivity contribution is 5.78. The number of halogens is 1. The van der Waals surface area contributed by atoms with Gasteiger partial charge < -0.3 is 10.1 Å². The van der Waals surface area contributed by atoms with Crippen LogP contribution in [0, 0.1) is 5.82 Å². The van der Waals surface area contributed by atoms with Gasteiger partial charge in [-0.3, -0.25) is 14.6 Å². The van der Waals surface area contributed by atoms with Crippen molar-refractivity contribution < 1.29 is 18.7 Å². The van der Waals surface area contributed by atoms with E-state index < -0.39 is 0 Å². The molecule has 1 aromatic carbocycles. The molecular formula is C18H24FN3O3. The van der Waals surface area contributed by atoms with E-state index >= 15 is 0 Å². The number of nitrogens with one attached hydrogen (secondary N) is 1. The summed E-state index contributed by atoms with van der Waals surface area (Å²) >= 11 is 0. The van der Waals surface area contributed by atoms with E-state index in [0.29, 0.717) is 45.8 Å². The summed E-state index contributed by atoms with van der Waals surface area (Å²) in [6.45, 7) is 5.18. The first kappa shape index (κ1) is 17.7. The zero-order chi connectivity index (χ0) is 17.9. The third kappa shape index (κ3) is 3.92. The summed E-state index contributed by atoms with van der Waals surface area (Å²) in [5, 5.41) is 2.91. The number of carbonyl (C=O) groups excluding carboxylic acids is 2. The summed E-state index contributed by atoms with van der Waals surface area (Å²) in [7, 11) is 0. The predicted octanol–water partition coefficient (Wildman–Crippen LogP) is 1.40. The Morgan fingerprint density at radius 3 is 2.80 bits per heavy atom. The van der Waals surface area contributed by atoms with Crippen molar-refractivity contribution in [2.75, 3.05) is 39.3 Å². The Balaban J connectivity index is 1.45. The Morgan fingerprint density at radius 2 is 2.08 bits per heavy atom. The van der Waals surface area contributed by atoms with Crippen molar-refractivity contribution in [3.05, 3.63) is 35.6 Å². The molecule has 2 fully saturated rings. The molecule has 0 saturated carbocycles. The van der Waals surface area contributed by atoms with Crippen molar-refractivity contribution in [1.82, 2.24) is 15.1 Å². The molecule has 2 saturated heterocycles. The van der Waals surface area contributed by atoms with E-state index in [1.165, 1.54) is 12.1 Å². The van der Waals surface area contributed by atoms with Gasteiger partial charge in [-0.15, -0.1) is 0 Å². The molecule has 2 aliphatic rings. The molecule has 0 aliphatic carbocycles. The Morgan fingerprint density at radius 1 is 1.32 bits per heavy atom. The molecule has 6 nitrogen and oxygen atoms in total. The van der Waals surface area contributed by atoms with Gasteiger partial charge in [0.15, 0.2) is 0 Å². The lowest BCUT2D eigenvalue weighted by Crippen LogP contribution is -2.62. The van der Waals surface area contributed by atoms with Gasteiger partial charge in [0.1, 0.15) is 12.4 Å². The van der Waals surface area contributed by atoms with E-state index in [1.807, 2.05) is 6.92 Å². The van der Waals surface area contributed by atoms with Crippen LogP contribution in [0.2, 0.25) is 0 Å². The van der Waals surface area contributed by atoms with Gasteiger partial charge in [-0.1, -0.05) is 19.1 Å². The Bertz CT molecular complexity index is 637. The number of hydrogen-bond acceptors (Lipinski definition) is 4. The molecule has 2 heterocycles. The second-order valence-corrected chi connectivity index (χ2v) is 6.72.